The third-order valence-electron chi connectivity index (χ3n) is 4.56. The average Bonchev–Trinajstić information content (AvgIpc) is 2.70. The molecule has 0 radical (unpaired) electrons. The number of halogens is 1. The van der Waals surface area contributed by atoms with Gasteiger partial charge in [0.05, 0.1) is 5.75 Å². The molecule has 160 valence electrons. The molecule has 0 aromatic heterocycles. The Morgan fingerprint density at radius 3 is 2.23 bits per heavy atom. The summed E-state index contributed by atoms with van der Waals surface area (Å²) in [7, 11) is -1.75. The fourth-order valence-corrected chi connectivity index (χ4v) is 3.66. The lowest BCUT2D eigenvalue weighted by atomic mass is 9.95. The van der Waals surface area contributed by atoms with Crippen molar-refractivity contribution in [1.29, 1.82) is 0 Å². The van der Waals surface area contributed by atoms with E-state index in [1.807, 2.05) is 31.2 Å². The Morgan fingerprint density at radius 2 is 1.67 bits per heavy atom. The number of nitrogens with zero attached hydrogens (tertiary/aromatic N) is 2. The molecule has 0 aliphatic rings. The summed E-state index contributed by atoms with van der Waals surface area (Å²) in [6.45, 7) is 3.54. The van der Waals surface area contributed by atoms with Gasteiger partial charge in [-0.15, -0.1) is 0 Å². The van der Waals surface area contributed by atoms with Crippen LogP contribution >= 0.6 is 11.6 Å². The zero-order chi connectivity index (χ0) is 22.5. The molecule has 8 heteroatoms. The number of Topliss-reactive ketones (excluding diaryl/α,β-unsaturated/α-hetero) is 1. The maximum absolute atomic E-state index is 12.9. The Kier molecular flexibility index (Phi) is 7.92. The Balaban J connectivity index is 2.28. The third kappa shape index (κ3) is 6.50. The minimum atomic E-state index is -3.14. The van der Waals surface area contributed by atoms with Gasteiger partial charge in [-0.25, -0.2) is 13.4 Å². The van der Waals surface area contributed by atoms with E-state index in [4.69, 9.17) is 11.6 Å². The van der Waals surface area contributed by atoms with E-state index < -0.39 is 21.5 Å². The minimum Gasteiger partial charge on any atom is -0.283 e. The van der Waals surface area contributed by atoms with Gasteiger partial charge in [-0.05, 0) is 48.2 Å². The van der Waals surface area contributed by atoms with Gasteiger partial charge >= 0.3 is 5.91 Å². The first-order valence-electron chi connectivity index (χ1n) is 9.45. The number of rotatable bonds is 8. The van der Waals surface area contributed by atoms with Crippen molar-refractivity contribution in [3.05, 3.63) is 58.6 Å². The Morgan fingerprint density at radius 1 is 1.07 bits per heavy atom. The zero-order valence-corrected chi connectivity index (χ0v) is 19.0. The highest BCUT2D eigenvalue weighted by Crippen LogP contribution is 2.25. The van der Waals surface area contributed by atoms with Crippen molar-refractivity contribution < 1.29 is 18.0 Å². The molecular formula is C22H25ClN2O4S. The number of aryl methyl sites for hydroxylation is 1. The van der Waals surface area contributed by atoms with E-state index in [1.54, 1.807) is 25.1 Å². The Hall–Kier alpha value is -2.51. The molecule has 1 amide bonds. The van der Waals surface area contributed by atoms with Crippen molar-refractivity contribution in [2.75, 3.05) is 19.1 Å². The summed E-state index contributed by atoms with van der Waals surface area (Å²) in [5.74, 6) is -1.51. The van der Waals surface area contributed by atoms with Gasteiger partial charge in [0, 0.05) is 36.0 Å². The second-order valence-corrected chi connectivity index (χ2v) is 9.80. The standard InChI is InChI=1S/C22H25ClN2O4S/c1-5-16-6-7-18(17-8-10-19(23)11-9-17)14-20(16)21(26)22(27)25(3)24-15(2)12-13-30(4,28)29/h6-11,14H,5,12-13H2,1-4H3/b24-15-. The highest BCUT2D eigenvalue weighted by Gasteiger charge is 2.23. The number of amides is 1. The molecule has 0 spiro atoms. The predicted molar refractivity (Wildman–Crippen MR) is 121 cm³/mol. The average molecular weight is 449 g/mol. The van der Waals surface area contributed by atoms with Crippen molar-refractivity contribution in [1.82, 2.24) is 5.01 Å². The monoisotopic (exact) mass is 448 g/mol. The maximum Gasteiger partial charge on any atom is 0.314 e. The maximum atomic E-state index is 12.9. The van der Waals surface area contributed by atoms with E-state index in [1.165, 1.54) is 7.05 Å². The SMILES string of the molecule is CCc1ccc(-c2ccc(Cl)cc2)cc1C(=O)C(=O)N(C)/N=C(/C)CCS(C)(=O)=O. The molecule has 0 saturated heterocycles. The van der Waals surface area contributed by atoms with E-state index in [2.05, 4.69) is 5.10 Å². The highest BCUT2D eigenvalue weighted by atomic mass is 35.5. The number of carbonyl (C=O) groups excluding carboxylic acids is 2. The van der Waals surface area contributed by atoms with Crippen molar-refractivity contribution in [2.45, 2.75) is 26.7 Å². The van der Waals surface area contributed by atoms with Crippen LogP contribution in [0.1, 0.15) is 36.2 Å². The molecule has 2 aromatic rings. The lowest BCUT2D eigenvalue weighted by Crippen LogP contribution is -2.31. The molecule has 0 aliphatic heterocycles. The molecule has 2 aromatic carbocycles. The lowest BCUT2D eigenvalue weighted by molar-refractivity contribution is -0.125. The van der Waals surface area contributed by atoms with Gasteiger partial charge < -0.3 is 0 Å². The van der Waals surface area contributed by atoms with E-state index in [0.717, 1.165) is 28.0 Å². The predicted octanol–water partition coefficient (Wildman–Crippen LogP) is 4.02. The van der Waals surface area contributed by atoms with E-state index >= 15 is 0 Å². The number of benzene rings is 2. The van der Waals surface area contributed by atoms with Gasteiger partial charge in [0.15, 0.2) is 0 Å². The summed E-state index contributed by atoms with van der Waals surface area (Å²) in [5.41, 5.74) is 3.22. The van der Waals surface area contributed by atoms with Crippen molar-refractivity contribution >= 4 is 38.8 Å². The van der Waals surface area contributed by atoms with Gasteiger partial charge in [-0.2, -0.15) is 5.10 Å². The third-order valence-corrected chi connectivity index (χ3v) is 5.75. The molecule has 6 nitrogen and oxygen atoms in total. The summed E-state index contributed by atoms with van der Waals surface area (Å²) in [4.78, 5) is 25.6. The second-order valence-electron chi connectivity index (χ2n) is 7.11. The van der Waals surface area contributed by atoms with Crippen LogP contribution < -0.4 is 0 Å². The van der Waals surface area contributed by atoms with Crippen LogP contribution in [0.2, 0.25) is 5.02 Å². The lowest BCUT2D eigenvalue weighted by Gasteiger charge is -2.14. The number of likely N-dealkylation sites (N-methyl/N-ethyl adjacent to an activating group) is 1. The molecule has 0 unspecified atom stereocenters. The van der Waals surface area contributed by atoms with E-state index in [0.29, 0.717) is 22.7 Å². The van der Waals surface area contributed by atoms with Crippen molar-refractivity contribution in [3.8, 4) is 11.1 Å². The van der Waals surface area contributed by atoms with Crippen LogP contribution in [-0.4, -0.2) is 49.9 Å². The normalized spacial score (nSPS) is 12.0. The summed E-state index contributed by atoms with van der Waals surface area (Å²) >= 11 is 5.94. The molecular weight excluding hydrogens is 424 g/mol. The fraction of sp³-hybridized carbons (Fsp3) is 0.318. The summed E-state index contributed by atoms with van der Waals surface area (Å²) in [6.07, 6.45) is 1.92. The van der Waals surface area contributed by atoms with Gasteiger partial charge in [0.1, 0.15) is 9.84 Å². The van der Waals surface area contributed by atoms with Gasteiger partial charge in [-0.1, -0.05) is 42.8 Å². The number of hydrogen-bond acceptors (Lipinski definition) is 5. The number of ketones is 1. The Bertz CT molecular complexity index is 1080. The molecule has 0 aliphatic carbocycles. The summed E-state index contributed by atoms with van der Waals surface area (Å²) in [6, 6.07) is 12.7. The van der Waals surface area contributed by atoms with Crippen molar-refractivity contribution in [2.24, 2.45) is 5.10 Å². The number of hydrogen-bond donors (Lipinski definition) is 0. The number of carbonyl (C=O) groups is 2. The summed E-state index contributed by atoms with van der Waals surface area (Å²) < 4.78 is 22.6. The smallest absolute Gasteiger partial charge is 0.283 e. The molecule has 0 atom stereocenters. The molecule has 0 heterocycles. The minimum absolute atomic E-state index is 0.0680. The highest BCUT2D eigenvalue weighted by molar-refractivity contribution is 7.90. The van der Waals surface area contributed by atoms with Gasteiger partial charge in [0.2, 0.25) is 0 Å². The molecule has 0 fully saturated rings. The van der Waals surface area contributed by atoms with Gasteiger partial charge in [0.25, 0.3) is 5.78 Å². The first-order chi connectivity index (χ1) is 14.0. The van der Waals surface area contributed by atoms with Gasteiger partial charge in [-0.3, -0.25) is 9.59 Å². The number of hydrazone groups is 1. The molecule has 0 saturated carbocycles. The molecule has 2 rings (SSSR count). The van der Waals surface area contributed by atoms with Crippen LogP contribution in [0.3, 0.4) is 0 Å². The molecule has 0 N–H and O–H groups in total. The van der Waals surface area contributed by atoms with Crippen LogP contribution in [0.15, 0.2) is 47.6 Å². The second kappa shape index (κ2) is 10.00. The number of sulfone groups is 1. The van der Waals surface area contributed by atoms with E-state index in [9.17, 15) is 18.0 Å². The van der Waals surface area contributed by atoms with Crippen LogP contribution in [0, 0.1) is 0 Å². The van der Waals surface area contributed by atoms with Crippen molar-refractivity contribution in [3.63, 3.8) is 0 Å². The van der Waals surface area contributed by atoms with Crippen LogP contribution in [0.4, 0.5) is 0 Å². The van der Waals surface area contributed by atoms with Crippen LogP contribution in [-0.2, 0) is 21.1 Å². The first-order valence-corrected chi connectivity index (χ1v) is 11.9. The topological polar surface area (TPSA) is 83.9 Å². The zero-order valence-electron chi connectivity index (χ0n) is 17.5. The van der Waals surface area contributed by atoms with Crippen LogP contribution in [0.5, 0.6) is 0 Å². The van der Waals surface area contributed by atoms with Crippen LogP contribution in [0.25, 0.3) is 11.1 Å². The first kappa shape index (κ1) is 23.8. The fourth-order valence-electron chi connectivity index (χ4n) is 2.86. The summed E-state index contributed by atoms with van der Waals surface area (Å²) in [5, 5.41) is 5.65. The largest absolute Gasteiger partial charge is 0.314 e. The quantitative estimate of drug-likeness (QED) is 0.264. The van der Waals surface area contributed by atoms with E-state index in [-0.39, 0.29) is 12.2 Å². The Labute approximate surface area is 182 Å². The molecule has 30 heavy (non-hydrogen) atoms. The molecule has 0 bridgehead atoms.